The number of nitrogens with one attached hydrogen (secondary N) is 1. The van der Waals surface area contributed by atoms with Crippen LogP contribution < -0.4 is 5.32 Å². The molecule has 1 atom stereocenters. The quantitative estimate of drug-likeness (QED) is 0.698. The van der Waals surface area contributed by atoms with Crippen molar-refractivity contribution in [2.45, 2.75) is 25.0 Å². The minimum atomic E-state index is 0.102. The number of carbonyl (C=O) groups excluding carboxylic acids is 2. The number of thioether (sulfide) groups is 1. The van der Waals surface area contributed by atoms with Gasteiger partial charge in [-0.15, -0.1) is 0 Å². The first-order valence-electron chi connectivity index (χ1n) is 5.23. The van der Waals surface area contributed by atoms with Crippen LogP contribution in [0.1, 0.15) is 19.8 Å². The van der Waals surface area contributed by atoms with Crippen LogP contribution >= 0.6 is 11.8 Å². The van der Waals surface area contributed by atoms with E-state index in [-0.39, 0.29) is 16.3 Å². The number of nitrogens with zero attached hydrogens (tertiary/aromatic N) is 1. The molecule has 1 fully saturated rings. The van der Waals surface area contributed by atoms with Crippen LogP contribution in [0.15, 0.2) is 0 Å². The van der Waals surface area contributed by atoms with Crippen molar-refractivity contribution < 1.29 is 9.59 Å². The maximum absolute atomic E-state index is 11.5. The van der Waals surface area contributed by atoms with Crippen molar-refractivity contribution in [2.24, 2.45) is 0 Å². The molecule has 0 aliphatic carbocycles. The topological polar surface area (TPSA) is 49.4 Å². The zero-order valence-electron chi connectivity index (χ0n) is 9.28. The molecule has 0 aromatic carbocycles. The predicted octanol–water partition coefficient (Wildman–Crippen LogP) is 0.476. The van der Waals surface area contributed by atoms with E-state index in [1.807, 2.05) is 11.9 Å². The molecule has 5 heteroatoms. The molecule has 1 heterocycles. The van der Waals surface area contributed by atoms with Crippen molar-refractivity contribution in [3.63, 3.8) is 0 Å². The molecular formula is C10H18N2O2S. The van der Waals surface area contributed by atoms with Gasteiger partial charge in [0.05, 0.1) is 0 Å². The number of carbonyl (C=O) groups is 2. The van der Waals surface area contributed by atoms with Gasteiger partial charge < -0.3 is 10.2 Å². The second kappa shape index (κ2) is 6.12. The molecule has 4 nitrogen and oxygen atoms in total. The maximum atomic E-state index is 11.5. The minimum absolute atomic E-state index is 0.102. The summed E-state index contributed by atoms with van der Waals surface area (Å²) < 4.78 is 0. The standard InChI is InChI=1S/C10H18N2O2S/c1-8(13)15-9-6-10(14)12(7-9)5-3-4-11-2/h9,11H,3-7H2,1-2H3. The van der Waals surface area contributed by atoms with Crippen LogP contribution in [0.3, 0.4) is 0 Å². The van der Waals surface area contributed by atoms with Crippen molar-refractivity contribution in [3.05, 3.63) is 0 Å². The first-order valence-corrected chi connectivity index (χ1v) is 6.11. The monoisotopic (exact) mass is 230 g/mol. The van der Waals surface area contributed by atoms with Gasteiger partial charge in [-0.05, 0) is 20.0 Å². The Morgan fingerprint density at radius 2 is 2.40 bits per heavy atom. The Labute approximate surface area is 94.8 Å². The first kappa shape index (κ1) is 12.5. The SMILES string of the molecule is CNCCCN1CC(SC(C)=O)CC1=O. The van der Waals surface area contributed by atoms with Gasteiger partial charge in [0.15, 0.2) is 5.12 Å². The van der Waals surface area contributed by atoms with E-state index < -0.39 is 0 Å². The summed E-state index contributed by atoms with van der Waals surface area (Å²) in [5.41, 5.74) is 0. The Morgan fingerprint density at radius 1 is 1.67 bits per heavy atom. The molecule has 0 aromatic rings. The van der Waals surface area contributed by atoms with Crippen LogP contribution in [0.2, 0.25) is 0 Å². The van der Waals surface area contributed by atoms with Crippen molar-refractivity contribution in [1.82, 2.24) is 10.2 Å². The molecule has 1 amide bonds. The molecule has 0 bridgehead atoms. The lowest BCUT2D eigenvalue weighted by Gasteiger charge is -2.15. The summed E-state index contributed by atoms with van der Waals surface area (Å²) in [5.74, 6) is 0.185. The molecule has 0 saturated carbocycles. The van der Waals surface area contributed by atoms with Crippen LogP contribution in [-0.4, -0.2) is 47.9 Å². The second-order valence-electron chi connectivity index (χ2n) is 3.73. The van der Waals surface area contributed by atoms with Crippen molar-refractivity contribution in [2.75, 3.05) is 26.7 Å². The molecule has 15 heavy (non-hydrogen) atoms. The summed E-state index contributed by atoms with van der Waals surface area (Å²) >= 11 is 1.29. The normalized spacial score (nSPS) is 21.1. The van der Waals surface area contributed by atoms with E-state index in [9.17, 15) is 9.59 Å². The second-order valence-corrected chi connectivity index (χ2v) is 5.21. The molecule has 0 spiro atoms. The molecule has 0 radical (unpaired) electrons. The van der Waals surface area contributed by atoms with Crippen LogP contribution in [0, 0.1) is 0 Å². The lowest BCUT2D eigenvalue weighted by Crippen LogP contribution is -2.28. The summed E-state index contributed by atoms with van der Waals surface area (Å²) in [6, 6.07) is 0. The Hall–Kier alpha value is -0.550. The molecule has 1 unspecified atom stereocenters. The summed E-state index contributed by atoms with van der Waals surface area (Å²) in [6.45, 7) is 4.01. The van der Waals surface area contributed by atoms with Gasteiger partial charge in [-0.3, -0.25) is 9.59 Å². The number of hydrogen-bond donors (Lipinski definition) is 1. The van der Waals surface area contributed by atoms with Gasteiger partial charge in [0, 0.05) is 31.7 Å². The fourth-order valence-corrected chi connectivity index (χ4v) is 2.66. The number of rotatable bonds is 5. The number of likely N-dealkylation sites (tertiary alicyclic amines) is 1. The highest BCUT2D eigenvalue weighted by Gasteiger charge is 2.30. The Bertz CT molecular complexity index is 246. The molecular weight excluding hydrogens is 212 g/mol. The lowest BCUT2D eigenvalue weighted by molar-refractivity contribution is -0.127. The fraction of sp³-hybridized carbons (Fsp3) is 0.800. The third-order valence-corrected chi connectivity index (χ3v) is 3.35. The van der Waals surface area contributed by atoms with Gasteiger partial charge in [-0.2, -0.15) is 0 Å². The average molecular weight is 230 g/mol. The fourth-order valence-electron chi connectivity index (χ4n) is 1.71. The van der Waals surface area contributed by atoms with E-state index in [0.717, 1.165) is 26.1 Å². The first-order chi connectivity index (χ1) is 7.13. The molecule has 1 saturated heterocycles. The lowest BCUT2D eigenvalue weighted by atomic mass is 10.4. The Kier molecular flexibility index (Phi) is 5.11. The largest absolute Gasteiger partial charge is 0.341 e. The van der Waals surface area contributed by atoms with Gasteiger partial charge in [-0.25, -0.2) is 0 Å². The Morgan fingerprint density at radius 3 is 3.00 bits per heavy atom. The van der Waals surface area contributed by atoms with Gasteiger partial charge >= 0.3 is 0 Å². The highest BCUT2D eigenvalue weighted by molar-refractivity contribution is 8.14. The predicted molar refractivity (Wildman–Crippen MR) is 61.8 cm³/mol. The zero-order chi connectivity index (χ0) is 11.3. The molecule has 0 aromatic heterocycles. The van der Waals surface area contributed by atoms with E-state index >= 15 is 0 Å². The van der Waals surface area contributed by atoms with Crippen molar-refractivity contribution >= 4 is 22.8 Å². The maximum Gasteiger partial charge on any atom is 0.223 e. The van der Waals surface area contributed by atoms with E-state index in [1.165, 1.54) is 11.8 Å². The van der Waals surface area contributed by atoms with Gasteiger partial charge in [-0.1, -0.05) is 11.8 Å². The molecule has 1 N–H and O–H groups in total. The van der Waals surface area contributed by atoms with E-state index in [1.54, 1.807) is 6.92 Å². The van der Waals surface area contributed by atoms with Crippen molar-refractivity contribution in [1.29, 1.82) is 0 Å². The number of amides is 1. The molecule has 1 aliphatic rings. The average Bonchev–Trinajstić information content (AvgIpc) is 2.46. The van der Waals surface area contributed by atoms with Crippen LogP contribution in [-0.2, 0) is 9.59 Å². The van der Waals surface area contributed by atoms with Gasteiger partial charge in [0.1, 0.15) is 0 Å². The molecule has 86 valence electrons. The highest BCUT2D eigenvalue weighted by Crippen LogP contribution is 2.23. The van der Waals surface area contributed by atoms with Gasteiger partial charge in [0.2, 0.25) is 5.91 Å². The Balaban J connectivity index is 2.29. The van der Waals surface area contributed by atoms with E-state index in [4.69, 9.17) is 0 Å². The third-order valence-electron chi connectivity index (χ3n) is 2.37. The zero-order valence-corrected chi connectivity index (χ0v) is 10.1. The summed E-state index contributed by atoms with van der Waals surface area (Å²) in [5, 5.41) is 3.33. The van der Waals surface area contributed by atoms with Crippen molar-refractivity contribution in [3.8, 4) is 0 Å². The molecule has 1 rings (SSSR count). The molecule has 1 aliphatic heterocycles. The smallest absolute Gasteiger partial charge is 0.223 e. The summed E-state index contributed by atoms with van der Waals surface area (Å²) in [6.07, 6.45) is 1.49. The van der Waals surface area contributed by atoms with Crippen LogP contribution in [0.4, 0.5) is 0 Å². The van der Waals surface area contributed by atoms with E-state index in [2.05, 4.69) is 5.32 Å². The summed E-state index contributed by atoms with van der Waals surface area (Å²) in [7, 11) is 1.90. The number of hydrogen-bond acceptors (Lipinski definition) is 4. The van der Waals surface area contributed by atoms with Gasteiger partial charge in [0.25, 0.3) is 0 Å². The third kappa shape index (κ3) is 4.22. The van der Waals surface area contributed by atoms with Crippen LogP contribution in [0.25, 0.3) is 0 Å². The summed E-state index contributed by atoms with van der Waals surface area (Å²) in [4.78, 5) is 24.3. The van der Waals surface area contributed by atoms with Crippen LogP contribution in [0.5, 0.6) is 0 Å². The van der Waals surface area contributed by atoms with E-state index in [0.29, 0.717) is 6.42 Å². The highest BCUT2D eigenvalue weighted by atomic mass is 32.2. The minimum Gasteiger partial charge on any atom is -0.341 e.